The first-order valence-corrected chi connectivity index (χ1v) is 9.00. The van der Waals surface area contributed by atoms with Crippen molar-refractivity contribution in [2.75, 3.05) is 0 Å². The molecule has 1 aromatic carbocycles. The number of hydrogen-bond donors (Lipinski definition) is 1. The fourth-order valence-electron chi connectivity index (χ4n) is 3.10. The number of amides is 1. The van der Waals surface area contributed by atoms with E-state index >= 15 is 0 Å². The zero-order chi connectivity index (χ0) is 17.6. The van der Waals surface area contributed by atoms with Gasteiger partial charge < -0.3 is 14.3 Å². The van der Waals surface area contributed by atoms with Gasteiger partial charge in [-0.3, -0.25) is 4.79 Å². The molecule has 0 aliphatic carbocycles. The molecule has 5 heteroatoms. The van der Waals surface area contributed by atoms with E-state index in [0.717, 1.165) is 29.8 Å². The van der Waals surface area contributed by atoms with Crippen molar-refractivity contribution in [2.24, 2.45) is 0 Å². The number of aryl methyl sites for hydroxylation is 1. The summed E-state index contributed by atoms with van der Waals surface area (Å²) >= 11 is 0. The van der Waals surface area contributed by atoms with Gasteiger partial charge in [0.15, 0.2) is 5.76 Å². The quantitative estimate of drug-likeness (QED) is 0.605. The number of rotatable bonds is 8. The Morgan fingerprint density at radius 1 is 1.20 bits per heavy atom. The molecule has 0 unspecified atom stereocenters. The zero-order valence-electron chi connectivity index (χ0n) is 14.9. The molecule has 1 amide bonds. The molecule has 0 saturated carbocycles. The van der Waals surface area contributed by atoms with Gasteiger partial charge in [-0.25, -0.2) is 4.98 Å². The summed E-state index contributed by atoms with van der Waals surface area (Å²) in [5.41, 5.74) is 2.08. The van der Waals surface area contributed by atoms with Crippen LogP contribution in [-0.2, 0) is 6.54 Å². The topological polar surface area (TPSA) is 60.1 Å². The highest BCUT2D eigenvalue weighted by Crippen LogP contribution is 2.22. The summed E-state index contributed by atoms with van der Waals surface area (Å²) in [4.78, 5) is 17.0. The van der Waals surface area contributed by atoms with Gasteiger partial charge in [0, 0.05) is 6.54 Å². The van der Waals surface area contributed by atoms with E-state index in [-0.39, 0.29) is 11.9 Å². The first kappa shape index (κ1) is 17.3. The summed E-state index contributed by atoms with van der Waals surface area (Å²) in [5.74, 6) is 0.983. The van der Waals surface area contributed by atoms with Crippen LogP contribution in [0.4, 0.5) is 0 Å². The molecule has 0 bridgehead atoms. The van der Waals surface area contributed by atoms with Crippen LogP contribution in [-0.4, -0.2) is 15.5 Å². The predicted molar refractivity (Wildman–Crippen MR) is 98.5 cm³/mol. The highest BCUT2D eigenvalue weighted by atomic mass is 16.3. The molecule has 1 atom stereocenters. The number of carbonyl (C=O) groups excluding carboxylic acids is 1. The molecule has 2 aromatic heterocycles. The number of imidazole rings is 1. The molecule has 3 rings (SSSR count). The van der Waals surface area contributed by atoms with Gasteiger partial charge in [0.25, 0.3) is 5.91 Å². The van der Waals surface area contributed by atoms with Crippen LogP contribution >= 0.6 is 0 Å². The number of furan rings is 1. The number of aromatic nitrogens is 2. The number of carbonyl (C=O) groups is 1. The first-order chi connectivity index (χ1) is 12.2. The molecule has 0 radical (unpaired) electrons. The number of para-hydroxylation sites is 2. The molecule has 0 saturated heterocycles. The van der Waals surface area contributed by atoms with Crippen molar-refractivity contribution < 1.29 is 9.21 Å². The summed E-state index contributed by atoms with van der Waals surface area (Å²) in [5, 5.41) is 2.99. The molecule has 2 heterocycles. The smallest absolute Gasteiger partial charge is 0.287 e. The monoisotopic (exact) mass is 339 g/mol. The second kappa shape index (κ2) is 8.01. The Kier molecular flexibility index (Phi) is 5.53. The lowest BCUT2D eigenvalue weighted by molar-refractivity contribution is 0.0909. The second-order valence-corrected chi connectivity index (χ2v) is 6.34. The van der Waals surface area contributed by atoms with E-state index < -0.39 is 0 Å². The van der Waals surface area contributed by atoms with Crippen LogP contribution in [0.25, 0.3) is 11.0 Å². The summed E-state index contributed by atoms with van der Waals surface area (Å²) < 4.78 is 7.41. The largest absolute Gasteiger partial charge is 0.459 e. The molecule has 25 heavy (non-hydrogen) atoms. The van der Waals surface area contributed by atoms with Crippen molar-refractivity contribution in [1.82, 2.24) is 14.9 Å². The number of hydrogen-bond acceptors (Lipinski definition) is 3. The molecule has 0 spiro atoms. The maximum atomic E-state index is 12.3. The summed E-state index contributed by atoms with van der Waals surface area (Å²) in [6.45, 7) is 5.09. The van der Waals surface area contributed by atoms with Gasteiger partial charge in [0.2, 0.25) is 0 Å². The Bertz CT molecular complexity index is 821. The Labute approximate surface area is 148 Å². The van der Waals surface area contributed by atoms with Crippen molar-refractivity contribution in [2.45, 2.75) is 52.1 Å². The lowest BCUT2D eigenvalue weighted by Crippen LogP contribution is -2.28. The normalized spacial score (nSPS) is 12.4. The number of nitrogens with zero attached hydrogens (tertiary/aromatic N) is 2. The van der Waals surface area contributed by atoms with Gasteiger partial charge in [-0.05, 0) is 37.6 Å². The first-order valence-electron chi connectivity index (χ1n) is 9.00. The van der Waals surface area contributed by atoms with E-state index in [9.17, 15) is 4.79 Å². The van der Waals surface area contributed by atoms with Gasteiger partial charge >= 0.3 is 0 Å². The zero-order valence-corrected chi connectivity index (χ0v) is 14.9. The minimum absolute atomic E-state index is 0.198. The van der Waals surface area contributed by atoms with E-state index in [1.165, 1.54) is 25.5 Å². The molecule has 0 aliphatic rings. The van der Waals surface area contributed by atoms with Crippen LogP contribution in [0.5, 0.6) is 0 Å². The summed E-state index contributed by atoms with van der Waals surface area (Å²) in [6.07, 6.45) is 6.28. The van der Waals surface area contributed by atoms with Crippen LogP contribution in [0.2, 0.25) is 0 Å². The molecule has 5 nitrogen and oxygen atoms in total. The lowest BCUT2D eigenvalue weighted by Gasteiger charge is -2.16. The molecule has 0 aliphatic heterocycles. The third-order valence-corrected chi connectivity index (χ3v) is 4.40. The average Bonchev–Trinajstić information content (AvgIpc) is 3.27. The highest BCUT2D eigenvalue weighted by Gasteiger charge is 2.19. The Balaban J connectivity index is 1.82. The van der Waals surface area contributed by atoms with E-state index in [4.69, 9.17) is 9.40 Å². The highest BCUT2D eigenvalue weighted by molar-refractivity contribution is 5.91. The molecular formula is C20H25N3O2. The Hall–Kier alpha value is -2.56. The standard InChI is InChI=1S/C20H25N3O2/c1-3-4-5-8-13-23-17-11-7-6-10-16(17)22-19(23)15(2)21-20(24)18-12-9-14-25-18/h6-7,9-12,14-15H,3-5,8,13H2,1-2H3,(H,21,24)/t15-/m1/s1. The van der Waals surface area contributed by atoms with E-state index in [1.54, 1.807) is 12.1 Å². The van der Waals surface area contributed by atoms with Crippen molar-refractivity contribution >= 4 is 16.9 Å². The van der Waals surface area contributed by atoms with Crippen LogP contribution < -0.4 is 5.32 Å². The molecule has 3 aromatic rings. The van der Waals surface area contributed by atoms with E-state index in [0.29, 0.717) is 5.76 Å². The summed E-state index contributed by atoms with van der Waals surface area (Å²) in [6, 6.07) is 11.3. The fourth-order valence-corrected chi connectivity index (χ4v) is 3.10. The van der Waals surface area contributed by atoms with Crippen LogP contribution in [0.1, 0.15) is 62.0 Å². The minimum atomic E-state index is -0.220. The molecule has 0 fully saturated rings. The second-order valence-electron chi connectivity index (χ2n) is 6.34. The van der Waals surface area contributed by atoms with Gasteiger partial charge in [-0.2, -0.15) is 0 Å². The third kappa shape index (κ3) is 3.92. The van der Waals surface area contributed by atoms with E-state index in [2.05, 4.69) is 22.9 Å². The Morgan fingerprint density at radius 3 is 2.80 bits per heavy atom. The fraction of sp³-hybridized carbons (Fsp3) is 0.400. The van der Waals surface area contributed by atoms with Crippen molar-refractivity contribution in [1.29, 1.82) is 0 Å². The van der Waals surface area contributed by atoms with Crippen molar-refractivity contribution in [3.8, 4) is 0 Å². The number of unbranched alkanes of at least 4 members (excludes halogenated alkanes) is 3. The lowest BCUT2D eigenvalue weighted by atomic mass is 10.2. The number of benzene rings is 1. The maximum absolute atomic E-state index is 12.3. The maximum Gasteiger partial charge on any atom is 0.287 e. The van der Waals surface area contributed by atoms with Gasteiger partial charge in [-0.1, -0.05) is 38.3 Å². The number of fused-ring (bicyclic) bond motifs is 1. The molecular weight excluding hydrogens is 314 g/mol. The average molecular weight is 339 g/mol. The summed E-state index contributed by atoms with van der Waals surface area (Å²) in [7, 11) is 0. The van der Waals surface area contributed by atoms with E-state index in [1.807, 2.05) is 25.1 Å². The van der Waals surface area contributed by atoms with Gasteiger partial charge in [0.05, 0.1) is 23.3 Å². The van der Waals surface area contributed by atoms with Crippen LogP contribution in [0.15, 0.2) is 47.1 Å². The number of nitrogens with one attached hydrogen (secondary N) is 1. The van der Waals surface area contributed by atoms with Gasteiger partial charge in [-0.15, -0.1) is 0 Å². The van der Waals surface area contributed by atoms with Crippen molar-refractivity contribution in [3.05, 3.63) is 54.2 Å². The third-order valence-electron chi connectivity index (χ3n) is 4.40. The van der Waals surface area contributed by atoms with Gasteiger partial charge in [0.1, 0.15) is 5.82 Å². The SMILES string of the molecule is CCCCCCn1c([C@@H](C)NC(=O)c2ccco2)nc2ccccc21. The predicted octanol–water partition coefficient (Wildman–Crippen LogP) is 4.70. The van der Waals surface area contributed by atoms with Crippen LogP contribution in [0, 0.1) is 0 Å². The van der Waals surface area contributed by atoms with Crippen LogP contribution in [0.3, 0.4) is 0 Å². The minimum Gasteiger partial charge on any atom is -0.459 e. The van der Waals surface area contributed by atoms with Crippen molar-refractivity contribution in [3.63, 3.8) is 0 Å². The molecule has 1 N–H and O–H groups in total. The molecule has 132 valence electrons. The Morgan fingerprint density at radius 2 is 2.04 bits per heavy atom.